The zero-order valence-electron chi connectivity index (χ0n) is 26.9. The summed E-state index contributed by atoms with van der Waals surface area (Å²) in [5.41, 5.74) is 7.30. The van der Waals surface area contributed by atoms with E-state index in [2.05, 4.69) is 36.5 Å². The highest BCUT2D eigenvalue weighted by molar-refractivity contribution is 6.04. The quantitative estimate of drug-likeness (QED) is 0.285. The number of rotatable bonds is 7. The lowest BCUT2D eigenvalue weighted by Gasteiger charge is -2.27. The number of benzene rings is 2. The van der Waals surface area contributed by atoms with E-state index >= 15 is 0 Å². The van der Waals surface area contributed by atoms with Gasteiger partial charge in [0.05, 0.1) is 28.7 Å². The Morgan fingerprint density at radius 2 is 1.46 bits per heavy atom. The third kappa shape index (κ3) is 5.80. The Hall–Kier alpha value is -4.83. The smallest absolute Gasteiger partial charge is 0.291 e. The number of fused-ring (bicyclic) bond motifs is 2. The average molecular weight is 622 g/mol. The molecule has 4 heterocycles. The molecule has 0 fully saturated rings. The summed E-state index contributed by atoms with van der Waals surface area (Å²) in [5.74, 6) is -0.0803. The van der Waals surface area contributed by atoms with E-state index in [-0.39, 0.29) is 11.8 Å². The fourth-order valence-corrected chi connectivity index (χ4v) is 6.60. The SMILES string of the molecule is Cc1c(NC(=O)c2nc3c(n2C)CCN(C[C@@H](C)O)C3)cccc1-c1cccc(NC(=O)c2nc3c(n2C)CCN(C)C3)c1C#N. The monoisotopic (exact) mass is 621 g/mol. The number of nitriles is 1. The van der Waals surface area contributed by atoms with Gasteiger partial charge in [0.15, 0.2) is 11.6 Å². The molecule has 2 aromatic heterocycles. The molecule has 2 aliphatic rings. The molecule has 12 nitrogen and oxygen atoms in total. The van der Waals surface area contributed by atoms with Crippen LogP contribution in [-0.2, 0) is 40.0 Å². The fraction of sp³-hybridized carbons (Fsp3) is 0.382. The van der Waals surface area contributed by atoms with Crippen molar-refractivity contribution in [3.05, 3.63) is 81.9 Å². The molecule has 0 saturated heterocycles. The normalized spacial score (nSPS) is 15.5. The van der Waals surface area contributed by atoms with Gasteiger partial charge in [-0.2, -0.15) is 5.26 Å². The second-order valence-corrected chi connectivity index (χ2v) is 12.3. The third-order valence-electron chi connectivity index (χ3n) is 9.01. The van der Waals surface area contributed by atoms with Gasteiger partial charge in [0.1, 0.15) is 6.07 Å². The lowest BCUT2D eigenvalue weighted by molar-refractivity contribution is 0.100. The number of aliphatic hydroxyl groups excluding tert-OH is 1. The average Bonchev–Trinajstić information content (AvgIpc) is 3.53. The maximum atomic E-state index is 13.5. The Balaban J connectivity index is 1.25. The molecule has 12 heteroatoms. The van der Waals surface area contributed by atoms with E-state index in [9.17, 15) is 20.0 Å². The van der Waals surface area contributed by atoms with Gasteiger partial charge in [-0.15, -0.1) is 0 Å². The number of likely N-dealkylation sites (N-methyl/N-ethyl adjacent to an activating group) is 1. The van der Waals surface area contributed by atoms with E-state index < -0.39 is 6.10 Å². The molecule has 0 spiro atoms. The first-order valence-electron chi connectivity index (χ1n) is 15.5. The molecule has 4 aromatic rings. The van der Waals surface area contributed by atoms with E-state index in [1.54, 1.807) is 19.1 Å². The molecule has 2 aliphatic heterocycles. The maximum absolute atomic E-state index is 13.5. The van der Waals surface area contributed by atoms with Crippen LogP contribution in [0.1, 0.15) is 62.1 Å². The number of nitrogens with one attached hydrogen (secondary N) is 2. The number of carbonyl (C=O) groups excluding carboxylic acids is 2. The highest BCUT2D eigenvalue weighted by Gasteiger charge is 2.27. The molecule has 238 valence electrons. The molecule has 2 amide bonds. The number of aromatic nitrogens is 4. The summed E-state index contributed by atoms with van der Waals surface area (Å²) in [6.07, 6.45) is 1.13. The molecule has 0 radical (unpaired) electrons. The maximum Gasteiger partial charge on any atom is 0.291 e. The molecule has 0 aliphatic carbocycles. The summed E-state index contributed by atoms with van der Waals surface area (Å²) in [5, 5.41) is 26.0. The number of nitrogens with zero attached hydrogens (tertiary/aromatic N) is 7. The number of aliphatic hydroxyl groups is 1. The second kappa shape index (κ2) is 12.5. The van der Waals surface area contributed by atoms with Crippen LogP contribution in [0.2, 0.25) is 0 Å². The van der Waals surface area contributed by atoms with Gasteiger partial charge in [0.2, 0.25) is 0 Å². The minimum absolute atomic E-state index is 0.308. The van der Waals surface area contributed by atoms with Crippen molar-refractivity contribution in [2.45, 2.75) is 45.9 Å². The Bertz CT molecular complexity index is 1880. The molecule has 2 aromatic carbocycles. The third-order valence-corrected chi connectivity index (χ3v) is 9.01. The van der Waals surface area contributed by atoms with Crippen molar-refractivity contribution in [1.82, 2.24) is 28.9 Å². The van der Waals surface area contributed by atoms with E-state index in [0.717, 1.165) is 59.8 Å². The molecular weight excluding hydrogens is 582 g/mol. The van der Waals surface area contributed by atoms with Gasteiger partial charge in [-0.05, 0) is 44.2 Å². The number of amides is 2. The van der Waals surface area contributed by atoms with E-state index in [0.29, 0.717) is 53.8 Å². The van der Waals surface area contributed by atoms with Crippen molar-refractivity contribution in [1.29, 1.82) is 5.26 Å². The molecule has 0 saturated carbocycles. The van der Waals surface area contributed by atoms with E-state index in [4.69, 9.17) is 0 Å². The first-order chi connectivity index (χ1) is 22.0. The number of anilines is 2. The number of β-amino-alcohol motifs (C(OH)–C–C–N with tert-alkyl or cyclic N) is 1. The van der Waals surface area contributed by atoms with Crippen LogP contribution in [0, 0.1) is 18.3 Å². The van der Waals surface area contributed by atoms with Crippen molar-refractivity contribution in [3.63, 3.8) is 0 Å². The number of carbonyl (C=O) groups is 2. The predicted octanol–water partition coefficient (Wildman–Crippen LogP) is 3.23. The zero-order valence-corrected chi connectivity index (χ0v) is 26.9. The van der Waals surface area contributed by atoms with Gasteiger partial charge < -0.3 is 29.8 Å². The summed E-state index contributed by atoms with van der Waals surface area (Å²) in [4.78, 5) is 40.5. The Morgan fingerprint density at radius 3 is 2.09 bits per heavy atom. The standard InChI is InChI=1S/C34H39N9O3/c1-20(44)17-43-15-13-30-28(19-43)37-31(42(30)5)33(45)38-25-10-6-8-22(21(25)2)23-9-7-11-26(24(23)16-35)39-34(46)32-36-27-18-40(3)14-12-29(27)41(32)4/h6-11,20,44H,12-15,17-19H2,1-5H3,(H,38,45)(H,39,46)/t20-/m1/s1. The van der Waals surface area contributed by atoms with Crippen LogP contribution in [-0.4, -0.2) is 78.6 Å². The van der Waals surface area contributed by atoms with E-state index in [1.807, 2.05) is 61.5 Å². The minimum atomic E-state index is -0.435. The zero-order chi connectivity index (χ0) is 32.7. The van der Waals surface area contributed by atoms with Crippen molar-refractivity contribution >= 4 is 23.2 Å². The van der Waals surface area contributed by atoms with Gasteiger partial charge in [0, 0.05) is 82.3 Å². The number of hydrogen-bond donors (Lipinski definition) is 3. The summed E-state index contributed by atoms with van der Waals surface area (Å²) in [7, 11) is 5.74. The van der Waals surface area contributed by atoms with Crippen LogP contribution in [0.4, 0.5) is 11.4 Å². The Morgan fingerprint density at radius 1 is 0.891 bits per heavy atom. The second-order valence-electron chi connectivity index (χ2n) is 12.3. The highest BCUT2D eigenvalue weighted by Crippen LogP contribution is 2.34. The first-order valence-corrected chi connectivity index (χ1v) is 15.5. The van der Waals surface area contributed by atoms with Crippen molar-refractivity contribution in [2.75, 3.05) is 37.3 Å². The number of imidazole rings is 2. The lowest BCUT2D eigenvalue weighted by Crippen LogP contribution is -2.36. The largest absolute Gasteiger partial charge is 0.392 e. The van der Waals surface area contributed by atoms with Gasteiger partial charge >= 0.3 is 0 Å². The minimum Gasteiger partial charge on any atom is -0.392 e. The molecule has 46 heavy (non-hydrogen) atoms. The van der Waals surface area contributed by atoms with Crippen molar-refractivity contribution < 1.29 is 14.7 Å². The Kier molecular flexibility index (Phi) is 8.48. The highest BCUT2D eigenvalue weighted by atomic mass is 16.3. The van der Waals surface area contributed by atoms with Crippen LogP contribution in [0.3, 0.4) is 0 Å². The predicted molar refractivity (Wildman–Crippen MR) is 174 cm³/mol. The lowest BCUT2D eigenvalue weighted by atomic mass is 9.94. The van der Waals surface area contributed by atoms with Gasteiger partial charge in [-0.1, -0.05) is 24.3 Å². The van der Waals surface area contributed by atoms with Crippen LogP contribution >= 0.6 is 0 Å². The molecule has 3 N–H and O–H groups in total. The van der Waals surface area contributed by atoms with Crippen LogP contribution in [0.15, 0.2) is 36.4 Å². The molecule has 1 atom stereocenters. The first kappa shape index (κ1) is 31.2. The topological polar surface area (TPSA) is 144 Å². The number of hydrogen-bond acceptors (Lipinski definition) is 8. The summed E-state index contributed by atoms with van der Waals surface area (Å²) >= 11 is 0. The molecule has 0 bridgehead atoms. The van der Waals surface area contributed by atoms with Crippen molar-refractivity contribution in [3.8, 4) is 17.2 Å². The summed E-state index contributed by atoms with van der Waals surface area (Å²) in [6.45, 7) is 7.18. The van der Waals surface area contributed by atoms with Crippen LogP contribution in [0.25, 0.3) is 11.1 Å². The van der Waals surface area contributed by atoms with Gasteiger partial charge in [-0.25, -0.2) is 9.97 Å². The van der Waals surface area contributed by atoms with E-state index in [1.165, 1.54) is 0 Å². The summed E-state index contributed by atoms with van der Waals surface area (Å²) in [6, 6.07) is 13.2. The summed E-state index contributed by atoms with van der Waals surface area (Å²) < 4.78 is 3.69. The van der Waals surface area contributed by atoms with Crippen molar-refractivity contribution in [2.24, 2.45) is 14.1 Å². The van der Waals surface area contributed by atoms with Crippen LogP contribution < -0.4 is 10.6 Å². The Labute approximate surface area is 268 Å². The fourth-order valence-electron chi connectivity index (χ4n) is 6.60. The van der Waals surface area contributed by atoms with Gasteiger partial charge in [0.25, 0.3) is 11.8 Å². The van der Waals surface area contributed by atoms with Gasteiger partial charge in [-0.3, -0.25) is 14.5 Å². The molecule has 0 unspecified atom stereocenters. The molecule has 6 rings (SSSR count). The molecular formula is C34H39N9O3. The van der Waals surface area contributed by atoms with Crippen LogP contribution in [0.5, 0.6) is 0 Å².